The first-order valence-electron chi connectivity index (χ1n) is 7.68. The van der Waals surface area contributed by atoms with E-state index in [1.807, 2.05) is 6.92 Å². The predicted molar refractivity (Wildman–Crippen MR) is 82.7 cm³/mol. The highest BCUT2D eigenvalue weighted by atomic mass is 16.5. The van der Waals surface area contributed by atoms with Crippen molar-refractivity contribution in [3.8, 4) is 0 Å². The Labute approximate surface area is 123 Å². The second-order valence-electron chi connectivity index (χ2n) is 6.05. The number of allylic oxidation sites excluding steroid dienone is 1. The summed E-state index contributed by atoms with van der Waals surface area (Å²) in [6.45, 7) is 10.0. The van der Waals surface area contributed by atoms with E-state index in [1.54, 1.807) is 7.11 Å². The number of ether oxygens (including phenoxy) is 1. The molecule has 1 fully saturated rings. The largest absolute Gasteiger partial charge is 0.383 e. The van der Waals surface area contributed by atoms with E-state index >= 15 is 0 Å². The number of likely N-dealkylation sites (tertiary alicyclic amines) is 1. The third-order valence-corrected chi connectivity index (χ3v) is 3.76. The fourth-order valence-corrected chi connectivity index (χ4v) is 2.61. The molecule has 1 unspecified atom stereocenters. The fraction of sp³-hybridized carbons (Fsp3) is 0.812. The van der Waals surface area contributed by atoms with Crippen LogP contribution in [-0.2, 0) is 9.53 Å². The molecule has 1 saturated heterocycles. The summed E-state index contributed by atoms with van der Waals surface area (Å²) in [5, 5.41) is 3.03. The van der Waals surface area contributed by atoms with E-state index in [2.05, 4.69) is 30.1 Å². The third-order valence-electron chi connectivity index (χ3n) is 3.76. The van der Waals surface area contributed by atoms with Gasteiger partial charge in [0, 0.05) is 25.6 Å². The highest BCUT2D eigenvalue weighted by Gasteiger charge is 2.25. The zero-order valence-corrected chi connectivity index (χ0v) is 13.4. The number of nitrogens with one attached hydrogen (secondary N) is 1. The lowest BCUT2D eigenvalue weighted by Crippen LogP contribution is -2.44. The zero-order valence-electron chi connectivity index (χ0n) is 13.4. The molecule has 0 saturated carbocycles. The quantitative estimate of drug-likeness (QED) is 0.728. The van der Waals surface area contributed by atoms with Crippen molar-refractivity contribution >= 4 is 5.91 Å². The van der Waals surface area contributed by atoms with E-state index in [0.29, 0.717) is 6.61 Å². The van der Waals surface area contributed by atoms with Crippen LogP contribution in [0.2, 0.25) is 0 Å². The normalized spacial score (nSPS) is 18.6. The van der Waals surface area contributed by atoms with Crippen LogP contribution in [0.1, 0.15) is 40.0 Å². The minimum atomic E-state index is 0.100. The monoisotopic (exact) mass is 282 g/mol. The molecule has 0 spiro atoms. The Morgan fingerprint density at radius 1 is 1.40 bits per heavy atom. The number of piperidine rings is 1. The summed E-state index contributed by atoms with van der Waals surface area (Å²) in [5.74, 6) is 0.368. The summed E-state index contributed by atoms with van der Waals surface area (Å²) >= 11 is 0. The average Bonchev–Trinajstić information content (AvgIpc) is 2.39. The lowest BCUT2D eigenvalue weighted by atomic mass is 9.95. The molecule has 1 aliphatic rings. The summed E-state index contributed by atoms with van der Waals surface area (Å²) in [7, 11) is 1.66. The molecule has 0 radical (unpaired) electrons. The van der Waals surface area contributed by atoms with Crippen LogP contribution in [0.3, 0.4) is 0 Å². The molecule has 20 heavy (non-hydrogen) atoms. The van der Waals surface area contributed by atoms with Gasteiger partial charge in [0.2, 0.25) is 5.91 Å². The highest BCUT2D eigenvalue weighted by molar-refractivity contribution is 5.79. The van der Waals surface area contributed by atoms with Crippen LogP contribution >= 0.6 is 0 Å². The molecule has 0 aromatic heterocycles. The molecule has 116 valence electrons. The topological polar surface area (TPSA) is 41.6 Å². The van der Waals surface area contributed by atoms with Gasteiger partial charge in [-0.1, -0.05) is 11.6 Å². The van der Waals surface area contributed by atoms with Crippen LogP contribution in [0, 0.1) is 5.92 Å². The van der Waals surface area contributed by atoms with Gasteiger partial charge >= 0.3 is 0 Å². The molecule has 0 aromatic carbocycles. The van der Waals surface area contributed by atoms with E-state index in [9.17, 15) is 4.79 Å². The number of hydrogen-bond donors (Lipinski definition) is 1. The van der Waals surface area contributed by atoms with Crippen LogP contribution in [0.25, 0.3) is 0 Å². The molecular weight excluding hydrogens is 252 g/mol. The molecule has 0 aliphatic carbocycles. The summed E-state index contributed by atoms with van der Waals surface area (Å²) in [4.78, 5) is 14.6. The van der Waals surface area contributed by atoms with Gasteiger partial charge in [-0.05, 0) is 53.1 Å². The average molecular weight is 282 g/mol. The van der Waals surface area contributed by atoms with Crippen LogP contribution in [-0.4, -0.2) is 50.2 Å². The van der Waals surface area contributed by atoms with E-state index in [1.165, 1.54) is 5.57 Å². The molecule has 1 amide bonds. The van der Waals surface area contributed by atoms with Crippen molar-refractivity contribution in [2.75, 3.05) is 33.4 Å². The van der Waals surface area contributed by atoms with Gasteiger partial charge in [-0.25, -0.2) is 0 Å². The summed E-state index contributed by atoms with van der Waals surface area (Å²) in [5.41, 5.74) is 1.38. The molecule has 1 rings (SSSR count). The van der Waals surface area contributed by atoms with Crippen molar-refractivity contribution in [3.63, 3.8) is 0 Å². The smallest absolute Gasteiger partial charge is 0.223 e. The maximum Gasteiger partial charge on any atom is 0.223 e. The maximum absolute atomic E-state index is 12.1. The second-order valence-corrected chi connectivity index (χ2v) is 6.05. The van der Waals surface area contributed by atoms with Crippen molar-refractivity contribution in [3.05, 3.63) is 11.6 Å². The van der Waals surface area contributed by atoms with Crippen molar-refractivity contribution < 1.29 is 9.53 Å². The van der Waals surface area contributed by atoms with Gasteiger partial charge in [0.05, 0.1) is 6.61 Å². The number of carbonyl (C=O) groups excluding carboxylic acids is 1. The van der Waals surface area contributed by atoms with Crippen LogP contribution < -0.4 is 5.32 Å². The van der Waals surface area contributed by atoms with Gasteiger partial charge in [-0.3, -0.25) is 4.79 Å². The zero-order chi connectivity index (χ0) is 15.0. The first kappa shape index (κ1) is 17.2. The lowest BCUT2D eigenvalue weighted by Gasteiger charge is -2.31. The minimum Gasteiger partial charge on any atom is -0.383 e. The highest BCUT2D eigenvalue weighted by Crippen LogP contribution is 2.17. The van der Waals surface area contributed by atoms with Crippen molar-refractivity contribution in [1.29, 1.82) is 0 Å². The summed E-state index contributed by atoms with van der Waals surface area (Å²) in [6.07, 6.45) is 5.34. The number of nitrogens with zero attached hydrogens (tertiary/aromatic N) is 1. The molecule has 0 aromatic rings. The van der Waals surface area contributed by atoms with Gasteiger partial charge in [0.25, 0.3) is 0 Å². The Balaban J connectivity index is 2.24. The predicted octanol–water partition coefficient (Wildman–Crippen LogP) is 2.21. The number of methoxy groups -OCH3 is 1. The van der Waals surface area contributed by atoms with Crippen LogP contribution in [0.5, 0.6) is 0 Å². The molecule has 1 heterocycles. The third kappa shape index (κ3) is 6.53. The van der Waals surface area contributed by atoms with Crippen LogP contribution in [0.4, 0.5) is 0 Å². The first-order valence-corrected chi connectivity index (χ1v) is 7.68. The molecule has 4 nitrogen and oxygen atoms in total. The Hall–Kier alpha value is -0.870. The fourth-order valence-electron chi connectivity index (χ4n) is 2.61. The SMILES string of the molecule is COCC(C)NC(=O)C1CCN(CCC=C(C)C)CC1. The molecule has 1 N–H and O–H groups in total. The first-order chi connectivity index (χ1) is 9.52. The Kier molecular flexibility index (Phi) is 7.85. The molecule has 1 atom stereocenters. The van der Waals surface area contributed by atoms with Crippen LogP contribution in [0.15, 0.2) is 11.6 Å². The molecule has 1 aliphatic heterocycles. The van der Waals surface area contributed by atoms with Crippen molar-refractivity contribution in [2.24, 2.45) is 5.92 Å². The number of amides is 1. The molecular formula is C16H30N2O2. The van der Waals surface area contributed by atoms with E-state index in [-0.39, 0.29) is 17.9 Å². The van der Waals surface area contributed by atoms with Gasteiger partial charge in [-0.2, -0.15) is 0 Å². The van der Waals surface area contributed by atoms with Gasteiger partial charge in [0.1, 0.15) is 0 Å². The second kappa shape index (κ2) is 9.14. The van der Waals surface area contributed by atoms with E-state index < -0.39 is 0 Å². The van der Waals surface area contributed by atoms with Gasteiger partial charge in [0.15, 0.2) is 0 Å². The number of rotatable bonds is 7. The van der Waals surface area contributed by atoms with Gasteiger partial charge in [-0.15, -0.1) is 0 Å². The Bertz CT molecular complexity index is 316. The number of carbonyl (C=O) groups is 1. The summed E-state index contributed by atoms with van der Waals surface area (Å²) in [6, 6.07) is 0.100. The standard InChI is InChI=1S/C16H30N2O2/c1-13(2)6-5-9-18-10-7-15(8-11-18)16(19)17-14(3)12-20-4/h6,14-15H,5,7-12H2,1-4H3,(H,17,19). The van der Waals surface area contributed by atoms with Crippen molar-refractivity contribution in [2.45, 2.75) is 46.1 Å². The number of hydrogen-bond acceptors (Lipinski definition) is 3. The minimum absolute atomic E-state index is 0.100. The maximum atomic E-state index is 12.1. The molecule has 4 heteroatoms. The lowest BCUT2D eigenvalue weighted by molar-refractivity contribution is -0.127. The van der Waals surface area contributed by atoms with Gasteiger partial charge < -0.3 is 15.0 Å². The van der Waals surface area contributed by atoms with E-state index in [0.717, 1.165) is 38.9 Å². The van der Waals surface area contributed by atoms with E-state index in [4.69, 9.17) is 4.74 Å². The Morgan fingerprint density at radius 3 is 2.60 bits per heavy atom. The Morgan fingerprint density at radius 2 is 2.05 bits per heavy atom. The molecule has 0 bridgehead atoms. The summed E-state index contributed by atoms with van der Waals surface area (Å²) < 4.78 is 5.04. The van der Waals surface area contributed by atoms with Crippen molar-refractivity contribution in [1.82, 2.24) is 10.2 Å².